The Morgan fingerprint density at radius 1 is 1.38 bits per heavy atom. The van der Waals surface area contributed by atoms with E-state index in [4.69, 9.17) is 4.74 Å². The van der Waals surface area contributed by atoms with Gasteiger partial charge in [-0.15, -0.1) is 0 Å². The number of ketones is 1. The number of rotatable bonds is 3. The Labute approximate surface area is 78.5 Å². The highest BCUT2D eigenvalue weighted by Crippen LogP contribution is 2.17. The van der Waals surface area contributed by atoms with Gasteiger partial charge in [-0.2, -0.15) is 0 Å². The third-order valence-electron chi connectivity index (χ3n) is 1.77. The Kier molecular flexibility index (Phi) is 3.07. The fourth-order valence-corrected chi connectivity index (χ4v) is 1.20. The molecule has 2 nitrogen and oxygen atoms in total. The van der Waals surface area contributed by atoms with Crippen LogP contribution in [0.15, 0.2) is 18.2 Å². The summed E-state index contributed by atoms with van der Waals surface area (Å²) in [7, 11) is 0. The van der Waals surface area contributed by atoms with Crippen LogP contribution in [0.1, 0.15) is 29.8 Å². The van der Waals surface area contributed by atoms with Crippen molar-refractivity contribution in [3.05, 3.63) is 29.3 Å². The molecule has 0 N–H and O–H groups in total. The van der Waals surface area contributed by atoms with Gasteiger partial charge in [-0.05, 0) is 44.5 Å². The third-order valence-corrected chi connectivity index (χ3v) is 1.77. The quantitative estimate of drug-likeness (QED) is 0.665. The third kappa shape index (κ3) is 2.58. The van der Waals surface area contributed by atoms with Gasteiger partial charge in [0.1, 0.15) is 5.75 Å². The second-order valence-electron chi connectivity index (χ2n) is 3.02. The van der Waals surface area contributed by atoms with Crippen LogP contribution in [0.2, 0.25) is 0 Å². The van der Waals surface area contributed by atoms with Crippen LogP contribution in [0.3, 0.4) is 0 Å². The Bertz CT molecular complexity index is 316. The first-order valence-corrected chi connectivity index (χ1v) is 4.39. The summed E-state index contributed by atoms with van der Waals surface area (Å²) in [6, 6.07) is 5.57. The zero-order valence-corrected chi connectivity index (χ0v) is 8.26. The topological polar surface area (TPSA) is 26.3 Å². The lowest BCUT2D eigenvalue weighted by atomic mass is 10.1. The van der Waals surface area contributed by atoms with Crippen LogP contribution in [0.5, 0.6) is 5.75 Å². The number of ether oxygens (including phenoxy) is 1. The molecule has 0 radical (unpaired) electrons. The molecule has 0 heterocycles. The molecule has 0 spiro atoms. The van der Waals surface area contributed by atoms with E-state index in [0.29, 0.717) is 12.2 Å². The van der Waals surface area contributed by atoms with Gasteiger partial charge in [-0.1, -0.05) is 0 Å². The molecule has 1 aromatic carbocycles. The number of carbonyl (C=O) groups excluding carboxylic acids is 1. The average Bonchev–Trinajstić information content (AvgIpc) is 2.03. The van der Waals surface area contributed by atoms with Gasteiger partial charge in [0.2, 0.25) is 0 Å². The van der Waals surface area contributed by atoms with Crippen LogP contribution in [0.25, 0.3) is 0 Å². The molecule has 0 aliphatic rings. The van der Waals surface area contributed by atoms with Gasteiger partial charge in [-0.3, -0.25) is 4.79 Å². The van der Waals surface area contributed by atoms with Crippen molar-refractivity contribution in [1.82, 2.24) is 0 Å². The smallest absolute Gasteiger partial charge is 0.159 e. The van der Waals surface area contributed by atoms with Gasteiger partial charge in [0, 0.05) is 5.56 Å². The van der Waals surface area contributed by atoms with Crippen LogP contribution in [0, 0.1) is 6.92 Å². The fourth-order valence-electron chi connectivity index (χ4n) is 1.20. The molecule has 0 atom stereocenters. The van der Waals surface area contributed by atoms with Gasteiger partial charge in [0.15, 0.2) is 5.78 Å². The molecule has 13 heavy (non-hydrogen) atoms. The zero-order valence-electron chi connectivity index (χ0n) is 8.26. The first kappa shape index (κ1) is 9.78. The Balaban J connectivity index is 3.03. The van der Waals surface area contributed by atoms with E-state index >= 15 is 0 Å². The normalized spacial score (nSPS) is 9.77. The predicted molar refractivity (Wildman–Crippen MR) is 52.4 cm³/mol. The van der Waals surface area contributed by atoms with Crippen molar-refractivity contribution in [3.63, 3.8) is 0 Å². The van der Waals surface area contributed by atoms with Crippen LogP contribution in [-0.4, -0.2) is 12.4 Å². The predicted octanol–water partition coefficient (Wildman–Crippen LogP) is 2.60. The fraction of sp³-hybridized carbons (Fsp3) is 0.364. The lowest BCUT2D eigenvalue weighted by Crippen LogP contribution is -1.97. The summed E-state index contributed by atoms with van der Waals surface area (Å²) >= 11 is 0. The summed E-state index contributed by atoms with van der Waals surface area (Å²) in [4.78, 5) is 11.1. The first-order valence-electron chi connectivity index (χ1n) is 4.39. The van der Waals surface area contributed by atoms with E-state index in [1.54, 1.807) is 13.0 Å². The maximum atomic E-state index is 11.1. The zero-order chi connectivity index (χ0) is 9.84. The van der Waals surface area contributed by atoms with E-state index in [-0.39, 0.29) is 5.78 Å². The standard InChI is InChI=1S/C11H14O2/c1-4-13-11-6-8(2)5-10(7-11)9(3)12/h5-7H,4H2,1-3H3. The highest BCUT2D eigenvalue weighted by molar-refractivity contribution is 5.94. The minimum absolute atomic E-state index is 0.0738. The Morgan fingerprint density at radius 3 is 2.62 bits per heavy atom. The largest absolute Gasteiger partial charge is 0.494 e. The summed E-state index contributed by atoms with van der Waals surface area (Å²) in [5.41, 5.74) is 1.76. The highest BCUT2D eigenvalue weighted by atomic mass is 16.5. The van der Waals surface area contributed by atoms with Crippen molar-refractivity contribution in [2.45, 2.75) is 20.8 Å². The first-order chi connectivity index (χ1) is 6.13. The molecule has 0 saturated carbocycles. The second kappa shape index (κ2) is 4.08. The number of hydrogen-bond acceptors (Lipinski definition) is 2. The molecule has 0 saturated heterocycles. The molecule has 0 amide bonds. The van der Waals surface area contributed by atoms with E-state index in [0.717, 1.165) is 11.3 Å². The van der Waals surface area contributed by atoms with Gasteiger partial charge in [-0.25, -0.2) is 0 Å². The van der Waals surface area contributed by atoms with E-state index in [2.05, 4.69) is 0 Å². The van der Waals surface area contributed by atoms with Gasteiger partial charge in [0.25, 0.3) is 0 Å². The van der Waals surface area contributed by atoms with Crippen molar-refractivity contribution in [1.29, 1.82) is 0 Å². The van der Waals surface area contributed by atoms with Crippen LogP contribution < -0.4 is 4.74 Å². The van der Waals surface area contributed by atoms with Gasteiger partial charge < -0.3 is 4.74 Å². The van der Waals surface area contributed by atoms with Gasteiger partial charge >= 0.3 is 0 Å². The molecular weight excluding hydrogens is 164 g/mol. The maximum Gasteiger partial charge on any atom is 0.159 e. The summed E-state index contributed by atoms with van der Waals surface area (Å²) < 4.78 is 5.33. The molecule has 1 aromatic rings. The van der Waals surface area contributed by atoms with E-state index < -0.39 is 0 Å². The maximum absolute atomic E-state index is 11.1. The molecular formula is C11H14O2. The number of aryl methyl sites for hydroxylation is 1. The Morgan fingerprint density at radius 2 is 2.08 bits per heavy atom. The van der Waals surface area contributed by atoms with Gasteiger partial charge in [0.05, 0.1) is 6.61 Å². The molecule has 2 heteroatoms. The summed E-state index contributed by atoms with van der Waals surface area (Å²) in [6.07, 6.45) is 0. The average molecular weight is 178 g/mol. The monoisotopic (exact) mass is 178 g/mol. The molecule has 0 aliphatic carbocycles. The van der Waals surface area contributed by atoms with Crippen LogP contribution in [0.4, 0.5) is 0 Å². The van der Waals surface area contributed by atoms with E-state index in [1.807, 2.05) is 26.0 Å². The minimum atomic E-state index is 0.0738. The minimum Gasteiger partial charge on any atom is -0.494 e. The summed E-state index contributed by atoms with van der Waals surface area (Å²) in [6.45, 7) is 6.07. The molecule has 0 aliphatic heterocycles. The van der Waals surface area contributed by atoms with Crippen molar-refractivity contribution < 1.29 is 9.53 Å². The molecule has 0 aromatic heterocycles. The van der Waals surface area contributed by atoms with Crippen molar-refractivity contribution >= 4 is 5.78 Å². The van der Waals surface area contributed by atoms with E-state index in [9.17, 15) is 4.79 Å². The van der Waals surface area contributed by atoms with Crippen molar-refractivity contribution in [2.24, 2.45) is 0 Å². The van der Waals surface area contributed by atoms with Crippen LogP contribution in [-0.2, 0) is 0 Å². The number of Topliss-reactive ketones (excluding diaryl/α,β-unsaturated/α-hetero) is 1. The molecule has 1 rings (SSSR count). The lowest BCUT2D eigenvalue weighted by molar-refractivity contribution is 0.101. The Hall–Kier alpha value is -1.31. The highest BCUT2D eigenvalue weighted by Gasteiger charge is 2.02. The van der Waals surface area contributed by atoms with E-state index in [1.165, 1.54) is 0 Å². The number of hydrogen-bond donors (Lipinski definition) is 0. The van der Waals surface area contributed by atoms with Crippen LogP contribution >= 0.6 is 0 Å². The van der Waals surface area contributed by atoms with Crippen molar-refractivity contribution in [3.8, 4) is 5.75 Å². The summed E-state index contributed by atoms with van der Waals surface area (Å²) in [5.74, 6) is 0.845. The lowest BCUT2D eigenvalue weighted by Gasteiger charge is -2.05. The molecule has 70 valence electrons. The number of carbonyl (C=O) groups is 1. The molecule has 0 unspecified atom stereocenters. The number of benzene rings is 1. The SMILES string of the molecule is CCOc1cc(C)cc(C(C)=O)c1. The molecule has 0 bridgehead atoms. The molecule has 0 fully saturated rings. The second-order valence-corrected chi connectivity index (χ2v) is 3.02. The summed E-state index contributed by atoms with van der Waals surface area (Å²) in [5, 5.41) is 0. The van der Waals surface area contributed by atoms with Crippen molar-refractivity contribution in [2.75, 3.05) is 6.61 Å².